The molecule has 0 bridgehead atoms. The van der Waals surface area contributed by atoms with Gasteiger partial charge in [-0.25, -0.2) is 8.42 Å². The van der Waals surface area contributed by atoms with Gasteiger partial charge in [-0.3, -0.25) is 4.79 Å². The number of methoxy groups -OCH3 is 2. The summed E-state index contributed by atoms with van der Waals surface area (Å²) in [5.41, 5.74) is 0.635. The highest BCUT2D eigenvalue weighted by molar-refractivity contribution is 7.91. The number of sulfone groups is 1. The molecule has 0 saturated carbocycles. The van der Waals surface area contributed by atoms with Gasteiger partial charge in [-0.1, -0.05) is 12.1 Å². The van der Waals surface area contributed by atoms with E-state index < -0.39 is 21.1 Å². The van der Waals surface area contributed by atoms with E-state index in [0.717, 1.165) is 0 Å². The first kappa shape index (κ1) is 15.5. The lowest BCUT2D eigenvalue weighted by Gasteiger charge is -2.12. The summed E-state index contributed by atoms with van der Waals surface area (Å²) < 4.78 is 33.7. The molecule has 5 nitrogen and oxygen atoms in total. The molecule has 0 amide bonds. The molecule has 1 aromatic rings. The number of hydrogen-bond donors (Lipinski definition) is 0. The molecule has 106 valence electrons. The monoisotopic (exact) mass is 286 g/mol. The van der Waals surface area contributed by atoms with E-state index in [9.17, 15) is 13.2 Å². The quantitative estimate of drug-likeness (QED) is 0.742. The SMILES string of the molecule is COC(=O)CC(C)S(=O)(=O)Cc1cccc(OC)c1. The molecule has 0 fully saturated rings. The molecule has 19 heavy (non-hydrogen) atoms. The minimum atomic E-state index is -3.40. The van der Waals surface area contributed by atoms with Crippen molar-refractivity contribution in [3.05, 3.63) is 29.8 Å². The van der Waals surface area contributed by atoms with Crippen molar-refractivity contribution in [2.45, 2.75) is 24.3 Å². The predicted octanol–water partition coefficient (Wildman–Crippen LogP) is 1.56. The lowest BCUT2D eigenvalue weighted by molar-refractivity contribution is -0.140. The molecule has 0 spiro atoms. The van der Waals surface area contributed by atoms with Gasteiger partial charge >= 0.3 is 5.97 Å². The number of esters is 1. The van der Waals surface area contributed by atoms with Crippen LogP contribution in [0.2, 0.25) is 0 Å². The molecule has 1 aromatic carbocycles. The summed E-state index contributed by atoms with van der Waals surface area (Å²) in [6, 6.07) is 6.86. The van der Waals surface area contributed by atoms with Crippen molar-refractivity contribution in [2.24, 2.45) is 0 Å². The zero-order chi connectivity index (χ0) is 14.5. The van der Waals surface area contributed by atoms with Crippen molar-refractivity contribution in [1.82, 2.24) is 0 Å². The first-order valence-electron chi connectivity index (χ1n) is 5.80. The van der Waals surface area contributed by atoms with E-state index in [2.05, 4.69) is 4.74 Å². The van der Waals surface area contributed by atoms with Crippen molar-refractivity contribution in [3.8, 4) is 5.75 Å². The molecule has 0 aliphatic rings. The van der Waals surface area contributed by atoms with Crippen LogP contribution in [0.4, 0.5) is 0 Å². The lowest BCUT2D eigenvalue weighted by Crippen LogP contribution is -2.23. The zero-order valence-corrected chi connectivity index (χ0v) is 12.1. The van der Waals surface area contributed by atoms with E-state index in [1.165, 1.54) is 21.1 Å². The maximum Gasteiger partial charge on any atom is 0.306 e. The van der Waals surface area contributed by atoms with Crippen molar-refractivity contribution in [1.29, 1.82) is 0 Å². The molecule has 0 aliphatic heterocycles. The summed E-state index contributed by atoms with van der Waals surface area (Å²) in [5.74, 6) is -0.0439. The molecule has 0 saturated heterocycles. The highest BCUT2D eigenvalue weighted by Gasteiger charge is 2.24. The summed E-state index contributed by atoms with van der Waals surface area (Å²) in [7, 11) is -0.639. The number of rotatable bonds is 6. The van der Waals surface area contributed by atoms with E-state index in [1.54, 1.807) is 24.3 Å². The molecular formula is C13H18O5S. The Morgan fingerprint density at radius 3 is 2.58 bits per heavy atom. The third kappa shape index (κ3) is 4.55. The van der Waals surface area contributed by atoms with Crippen LogP contribution < -0.4 is 4.74 Å². The van der Waals surface area contributed by atoms with Crippen LogP contribution in [-0.2, 0) is 25.1 Å². The summed E-state index contributed by atoms with van der Waals surface area (Å²) in [6.07, 6.45) is -0.136. The molecule has 0 heterocycles. The maximum absolute atomic E-state index is 12.1. The first-order valence-corrected chi connectivity index (χ1v) is 7.52. The van der Waals surface area contributed by atoms with Crippen molar-refractivity contribution in [2.75, 3.05) is 14.2 Å². The first-order chi connectivity index (χ1) is 8.89. The van der Waals surface area contributed by atoms with Gasteiger partial charge < -0.3 is 9.47 Å². The average molecular weight is 286 g/mol. The molecule has 0 aromatic heterocycles. The lowest BCUT2D eigenvalue weighted by atomic mass is 10.2. The van der Waals surface area contributed by atoms with Crippen molar-refractivity contribution >= 4 is 15.8 Å². The van der Waals surface area contributed by atoms with Gasteiger partial charge in [0.15, 0.2) is 9.84 Å². The fraction of sp³-hybridized carbons (Fsp3) is 0.462. The number of carbonyl (C=O) groups is 1. The minimum Gasteiger partial charge on any atom is -0.497 e. The van der Waals surface area contributed by atoms with Gasteiger partial charge in [0.05, 0.1) is 31.6 Å². The molecule has 1 rings (SSSR count). The Morgan fingerprint density at radius 2 is 2.00 bits per heavy atom. The summed E-state index contributed by atoms with van der Waals surface area (Å²) in [5, 5.41) is -0.772. The van der Waals surface area contributed by atoms with Gasteiger partial charge in [0, 0.05) is 0 Å². The molecular weight excluding hydrogens is 268 g/mol. The third-order valence-electron chi connectivity index (χ3n) is 2.80. The second-order valence-electron chi connectivity index (χ2n) is 4.25. The van der Waals surface area contributed by atoms with Crippen molar-refractivity contribution in [3.63, 3.8) is 0 Å². The van der Waals surface area contributed by atoms with E-state index in [1.807, 2.05) is 0 Å². The van der Waals surface area contributed by atoms with Crippen LogP contribution in [0.5, 0.6) is 5.75 Å². The molecule has 0 radical (unpaired) electrons. The summed E-state index contributed by atoms with van der Waals surface area (Å²) in [6.45, 7) is 1.51. The zero-order valence-electron chi connectivity index (χ0n) is 11.3. The Balaban J connectivity index is 2.81. The third-order valence-corrected chi connectivity index (χ3v) is 4.93. The predicted molar refractivity (Wildman–Crippen MR) is 71.7 cm³/mol. The number of benzene rings is 1. The summed E-state index contributed by atoms with van der Waals surface area (Å²) in [4.78, 5) is 11.1. The van der Waals surface area contributed by atoms with E-state index in [0.29, 0.717) is 11.3 Å². The fourth-order valence-electron chi connectivity index (χ4n) is 1.58. The second-order valence-corrected chi connectivity index (χ2v) is 6.67. The topological polar surface area (TPSA) is 69.7 Å². The van der Waals surface area contributed by atoms with Gasteiger partial charge in [0.25, 0.3) is 0 Å². The van der Waals surface area contributed by atoms with Crippen LogP contribution >= 0.6 is 0 Å². The van der Waals surface area contributed by atoms with E-state index in [4.69, 9.17) is 4.74 Å². The standard InChI is InChI=1S/C13H18O5S/c1-10(7-13(14)18-3)19(15,16)9-11-5-4-6-12(8-11)17-2/h4-6,8,10H,7,9H2,1-3H3. The Bertz CT molecular complexity index is 536. The van der Waals surface area contributed by atoms with Gasteiger partial charge in [-0.05, 0) is 24.6 Å². The Morgan fingerprint density at radius 1 is 1.32 bits per heavy atom. The number of hydrogen-bond acceptors (Lipinski definition) is 5. The van der Waals surface area contributed by atoms with Crippen LogP contribution in [0.1, 0.15) is 18.9 Å². The number of carbonyl (C=O) groups excluding carboxylic acids is 1. The number of ether oxygens (including phenoxy) is 2. The highest BCUT2D eigenvalue weighted by Crippen LogP contribution is 2.18. The smallest absolute Gasteiger partial charge is 0.306 e. The highest BCUT2D eigenvalue weighted by atomic mass is 32.2. The average Bonchev–Trinajstić information content (AvgIpc) is 2.38. The van der Waals surface area contributed by atoms with Crippen LogP contribution in [0, 0.1) is 0 Å². The largest absolute Gasteiger partial charge is 0.497 e. The van der Waals surface area contributed by atoms with Gasteiger partial charge in [0.1, 0.15) is 5.75 Å². The van der Waals surface area contributed by atoms with Gasteiger partial charge in [-0.2, -0.15) is 0 Å². The summed E-state index contributed by atoms with van der Waals surface area (Å²) >= 11 is 0. The Labute approximate surface area is 113 Å². The van der Waals surface area contributed by atoms with Crippen LogP contribution in [0.25, 0.3) is 0 Å². The van der Waals surface area contributed by atoms with E-state index in [-0.39, 0.29) is 12.2 Å². The molecule has 6 heteroatoms. The van der Waals surface area contributed by atoms with Crippen molar-refractivity contribution < 1.29 is 22.7 Å². The normalized spacial score (nSPS) is 12.8. The fourth-order valence-corrected chi connectivity index (χ4v) is 2.90. The Kier molecular flexibility index (Phi) is 5.35. The van der Waals surface area contributed by atoms with Crippen LogP contribution in [0.15, 0.2) is 24.3 Å². The second kappa shape index (κ2) is 6.56. The maximum atomic E-state index is 12.1. The molecule has 0 N–H and O–H groups in total. The molecule has 1 unspecified atom stereocenters. The van der Waals surface area contributed by atoms with Crippen LogP contribution in [-0.4, -0.2) is 33.9 Å². The molecule has 0 aliphatic carbocycles. The van der Waals surface area contributed by atoms with Gasteiger partial charge in [0.2, 0.25) is 0 Å². The molecule has 1 atom stereocenters. The van der Waals surface area contributed by atoms with Crippen LogP contribution in [0.3, 0.4) is 0 Å². The van der Waals surface area contributed by atoms with Gasteiger partial charge in [-0.15, -0.1) is 0 Å². The minimum absolute atomic E-state index is 0.123. The Hall–Kier alpha value is -1.56. The van der Waals surface area contributed by atoms with E-state index >= 15 is 0 Å².